The highest BCUT2D eigenvalue weighted by atomic mass is 16.5. The number of amides is 1. The number of unbranched alkanes of at least 4 members (excludes halogenated alkanes) is 1. The van der Waals surface area contributed by atoms with Crippen LogP contribution < -0.4 is 4.74 Å². The molecule has 0 bridgehead atoms. The summed E-state index contributed by atoms with van der Waals surface area (Å²) in [7, 11) is 1.94. The number of fused-ring (bicyclic) bond motifs is 1. The fourth-order valence-corrected chi connectivity index (χ4v) is 4.47. The van der Waals surface area contributed by atoms with Gasteiger partial charge in [-0.2, -0.15) is 0 Å². The van der Waals surface area contributed by atoms with Crippen LogP contribution in [0.25, 0.3) is 16.7 Å². The summed E-state index contributed by atoms with van der Waals surface area (Å²) in [6, 6.07) is 14.2. The normalized spacial score (nSPS) is 18.0. The summed E-state index contributed by atoms with van der Waals surface area (Å²) in [6.45, 7) is 6.38. The molecular weight excluding hydrogens is 416 g/mol. The van der Waals surface area contributed by atoms with Crippen LogP contribution in [0.2, 0.25) is 0 Å². The Morgan fingerprint density at radius 3 is 2.45 bits per heavy atom. The Kier molecular flexibility index (Phi) is 6.27. The van der Waals surface area contributed by atoms with E-state index in [1.165, 1.54) is 0 Å². The van der Waals surface area contributed by atoms with E-state index in [1.807, 2.05) is 62.8 Å². The van der Waals surface area contributed by atoms with Gasteiger partial charge in [0.1, 0.15) is 11.5 Å². The summed E-state index contributed by atoms with van der Waals surface area (Å²) in [5, 5.41) is 12.2. The van der Waals surface area contributed by atoms with Crippen molar-refractivity contribution in [2.75, 3.05) is 6.54 Å². The van der Waals surface area contributed by atoms with Gasteiger partial charge in [0, 0.05) is 41.8 Å². The number of para-hydroxylation sites is 1. The van der Waals surface area contributed by atoms with Gasteiger partial charge in [0.2, 0.25) is 0 Å². The lowest BCUT2D eigenvalue weighted by Gasteiger charge is -2.24. The van der Waals surface area contributed by atoms with E-state index in [2.05, 4.69) is 0 Å². The first-order chi connectivity index (χ1) is 15.8. The number of aliphatic hydroxyl groups excluding tert-OH is 1. The maximum atomic E-state index is 13.2. The number of nitrogens with zero attached hydrogens (tertiary/aromatic N) is 2. The monoisotopic (exact) mass is 446 g/mol. The molecule has 172 valence electrons. The maximum absolute atomic E-state index is 13.2. The first-order valence-electron chi connectivity index (χ1n) is 11.4. The van der Waals surface area contributed by atoms with Crippen LogP contribution in [0, 0.1) is 0 Å². The molecule has 0 radical (unpaired) electrons. The standard InChI is InChI=1S/C27H30N2O4/c1-5-6-15-29-24(21-16-28(4)22-10-8-7-9-20(21)22)23(26(31)27(29)32)25(30)18-11-13-19(14-12-18)33-17(2)3/h7-14,16-17,24,30H,5-6,15H2,1-4H3/b25-23+. The molecule has 2 heterocycles. The number of hydrogen-bond acceptors (Lipinski definition) is 4. The minimum absolute atomic E-state index is 0.0275. The van der Waals surface area contributed by atoms with E-state index in [9.17, 15) is 14.7 Å². The molecule has 4 rings (SSSR count). The molecule has 3 aromatic rings. The number of aromatic nitrogens is 1. The highest BCUT2D eigenvalue weighted by Crippen LogP contribution is 2.42. The predicted octanol–water partition coefficient (Wildman–Crippen LogP) is 5.19. The molecule has 2 aromatic carbocycles. The fourth-order valence-electron chi connectivity index (χ4n) is 4.47. The first kappa shape index (κ1) is 22.6. The molecule has 33 heavy (non-hydrogen) atoms. The molecule has 1 fully saturated rings. The summed E-state index contributed by atoms with van der Waals surface area (Å²) in [5.41, 5.74) is 2.45. The number of aliphatic hydroxyl groups is 1. The molecule has 1 aliphatic rings. The second-order valence-corrected chi connectivity index (χ2v) is 8.75. The molecule has 1 N–H and O–H groups in total. The van der Waals surface area contributed by atoms with Crippen molar-refractivity contribution in [3.05, 3.63) is 71.4 Å². The third kappa shape index (κ3) is 4.13. The van der Waals surface area contributed by atoms with Crippen LogP contribution in [0.3, 0.4) is 0 Å². The topological polar surface area (TPSA) is 71.8 Å². The van der Waals surface area contributed by atoms with E-state index in [1.54, 1.807) is 29.2 Å². The fraction of sp³-hybridized carbons (Fsp3) is 0.333. The number of aryl methyl sites for hydroxylation is 1. The second-order valence-electron chi connectivity index (χ2n) is 8.75. The minimum Gasteiger partial charge on any atom is -0.507 e. The lowest BCUT2D eigenvalue weighted by Crippen LogP contribution is -2.30. The molecule has 6 heteroatoms. The van der Waals surface area contributed by atoms with Gasteiger partial charge in [-0.25, -0.2) is 0 Å². The van der Waals surface area contributed by atoms with Crippen molar-refractivity contribution < 1.29 is 19.4 Å². The summed E-state index contributed by atoms with van der Waals surface area (Å²) >= 11 is 0. The van der Waals surface area contributed by atoms with Crippen LogP contribution in [0.4, 0.5) is 0 Å². The van der Waals surface area contributed by atoms with Gasteiger partial charge in [0.25, 0.3) is 11.7 Å². The number of carbonyl (C=O) groups is 2. The van der Waals surface area contributed by atoms with E-state index in [0.717, 1.165) is 29.3 Å². The maximum Gasteiger partial charge on any atom is 0.295 e. The molecule has 1 atom stereocenters. The Morgan fingerprint density at radius 1 is 1.09 bits per heavy atom. The van der Waals surface area contributed by atoms with Crippen molar-refractivity contribution in [2.24, 2.45) is 7.05 Å². The summed E-state index contributed by atoms with van der Waals surface area (Å²) in [5.74, 6) is -0.705. The van der Waals surface area contributed by atoms with E-state index < -0.39 is 17.7 Å². The van der Waals surface area contributed by atoms with Crippen LogP contribution >= 0.6 is 0 Å². The molecule has 1 unspecified atom stereocenters. The number of benzene rings is 2. The molecule has 0 spiro atoms. The molecule has 1 saturated heterocycles. The summed E-state index contributed by atoms with van der Waals surface area (Å²) in [6.07, 6.45) is 3.64. The molecule has 1 aromatic heterocycles. The zero-order chi connectivity index (χ0) is 23.7. The largest absolute Gasteiger partial charge is 0.507 e. The lowest BCUT2D eigenvalue weighted by molar-refractivity contribution is -0.139. The third-order valence-electron chi connectivity index (χ3n) is 6.01. The zero-order valence-corrected chi connectivity index (χ0v) is 19.5. The van der Waals surface area contributed by atoms with Gasteiger partial charge in [0.05, 0.1) is 17.7 Å². The van der Waals surface area contributed by atoms with E-state index in [0.29, 0.717) is 17.9 Å². The second kappa shape index (κ2) is 9.14. The van der Waals surface area contributed by atoms with Gasteiger partial charge in [0.15, 0.2) is 0 Å². The van der Waals surface area contributed by atoms with Crippen molar-refractivity contribution in [3.63, 3.8) is 0 Å². The van der Waals surface area contributed by atoms with E-state index in [-0.39, 0.29) is 17.4 Å². The number of Topliss-reactive ketones (excluding diaryl/α,β-unsaturated/α-hetero) is 1. The highest BCUT2D eigenvalue weighted by molar-refractivity contribution is 6.46. The number of hydrogen-bond donors (Lipinski definition) is 1. The quantitative estimate of drug-likeness (QED) is 0.308. The number of likely N-dealkylation sites (tertiary alicyclic amines) is 1. The molecule has 1 aliphatic heterocycles. The number of ether oxygens (including phenoxy) is 1. The molecular formula is C27H30N2O4. The Bertz CT molecular complexity index is 1220. The number of ketones is 1. The van der Waals surface area contributed by atoms with Crippen molar-refractivity contribution in [1.29, 1.82) is 0 Å². The molecule has 0 aliphatic carbocycles. The number of rotatable bonds is 7. The summed E-state index contributed by atoms with van der Waals surface area (Å²) in [4.78, 5) is 27.9. The Hall–Kier alpha value is -3.54. The van der Waals surface area contributed by atoms with Gasteiger partial charge in [-0.05, 0) is 50.6 Å². The number of carbonyl (C=O) groups excluding carboxylic acids is 2. The predicted molar refractivity (Wildman–Crippen MR) is 129 cm³/mol. The van der Waals surface area contributed by atoms with Crippen molar-refractivity contribution in [3.8, 4) is 5.75 Å². The van der Waals surface area contributed by atoms with Gasteiger partial charge >= 0.3 is 0 Å². The molecule has 6 nitrogen and oxygen atoms in total. The van der Waals surface area contributed by atoms with Crippen LogP contribution in [0.5, 0.6) is 5.75 Å². The molecule has 0 saturated carbocycles. The van der Waals surface area contributed by atoms with Crippen molar-refractivity contribution >= 4 is 28.4 Å². The minimum atomic E-state index is -0.649. The van der Waals surface area contributed by atoms with Gasteiger partial charge in [-0.3, -0.25) is 9.59 Å². The van der Waals surface area contributed by atoms with Crippen molar-refractivity contribution in [1.82, 2.24) is 9.47 Å². The average Bonchev–Trinajstić information content (AvgIpc) is 3.26. The Labute approximate surface area is 194 Å². The van der Waals surface area contributed by atoms with Crippen LogP contribution in [-0.4, -0.2) is 38.9 Å². The van der Waals surface area contributed by atoms with Crippen LogP contribution in [0.1, 0.15) is 50.8 Å². The Balaban J connectivity index is 1.87. The summed E-state index contributed by atoms with van der Waals surface area (Å²) < 4.78 is 7.67. The smallest absolute Gasteiger partial charge is 0.295 e. The van der Waals surface area contributed by atoms with Crippen LogP contribution in [0.15, 0.2) is 60.3 Å². The first-order valence-corrected chi connectivity index (χ1v) is 11.4. The Morgan fingerprint density at radius 2 is 1.79 bits per heavy atom. The highest BCUT2D eigenvalue weighted by Gasteiger charge is 2.46. The van der Waals surface area contributed by atoms with Gasteiger partial charge < -0.3 is 19.3 Å². The third-order valence-corrected chi connectivity index (χ3v) is 6.01. The van der Waals surface area contributed by atoms with E-state index >= 15 is 0 Å². The SMILES string of the molecule is CCCCN1C(=O)C(=O)/C(=C(/O)c2ccc(OC(C)C)cc2)C1c1cn(C)c2ccccc12. The average molecular weight is 447 g/mol. The van der Waals surface area contributed by atoms with Gasteiger partial charge in [-0.15, -0.1) is 0 Å². The molecule has 1 amide bonds. The van der Waals surface area contributed by atoms with E-state index in [4.69, 9.17) is 4.74 Å². The van der Waals surface area contributed by atoms with Crippen molar-refractivity contribution in [2.45, 2.75) is 45.8 Å². The van der Waals surface area contributed by atoms with Gasteiger partial charge in [-0.1, -0.05) is 31.5 Å². The van der Waals surface area contributed by atoms with Crippen LogP contribution in [-0.2, 0) is 16.6 Å². The lowest BCUT2D eigenvalue weighted by atomic mass is 9.95. The zero-order valence-electron chi connectivity index (χ0n) is 19.5.